The van der Waals surface area contributed by atoms with E-state index in [1.54, 1.807) is 0 Å². The van der Waals surface area contributed by atoms with Gasteiger partial charge in [-0.15, -0.1) is 0 Å². The van der Waals surface area contributed by atoms with Gasteiger partial charge in [-0.25, -0.2) is 4.98 Å². The van der Waals surface area contributed by atoms with Gasteiger partial charge in [-0.1, -0.05) is 0 Å². The summed E-state index contributed by atoms with van der Waals surface area (Å²) in [7, 11) is 0. The molecule has 0 spiro atoms. The highest BCUT2D eigenvalue weighted by molar-refractivity contribution is 4.96. The molecule has 0 atom stereocenters. The highest BCUT2D eigenvalue weighted by Crippen LogP contribution is 2.43. The molecule has 78 valence electrons. The molecule has 0 aromatic carbocycles. The van der Waals surface area contributed by atoms with E-state index in [0.717, 1.165) is 6.33 Å². The minimum atomic E-state index is -4.27. The molecule has 0 fully saturated rings. The quantitative estimate of drug-likeness (QED) is 0.610. The van der Waals surface area contributed by atoms with Crippen LogP contribution < -0.4 is 0 Å². The van der Waals surface area contributed by atoms with Crippen molar-refractivity contribution in [1.29, 1.82) is 0 Å². The van der Waals surface area contributed by atoms with Crippen LogP contribution in [0.2, 0.25) is 0 Å². The normalized spacial score (nSPS) is 24.0. The zero-order valence-corrected chi connectivity index (χ0v) is 7.05. The monoisotopic (exact) mass is 209 g/mol. The average Bonchev–Trinajstić information content (AvgIpc) is 2.48. The highest BCUT2D eigenvalue weighted by atomic mass is 19.3. The summed E-state index contributed by atoms with van der Waals surface area (Å²) in [5, 5.41) is 3.14. The first-order chi connectivity index (χ1) is 6.45. The van der Waals surface area contributed by atoms with Crippen molar-refractivity contribution in [3.63, 3.8) is 0 Å². The minimum absolute atomic E-state index is 0.0126. The van der Waals surface area contributed by atoms with Gasteiger partial charge in [0.2, 0.25) is 0 Å². The number of aromatic nitrogens is 3. The van der Waals surface area contributed by atoms with E-state index in [1.165, 1.54) is 0 Å². The number of rotatable bonds is 0. The molecular formula is C7H7F4N3. The van der Waals surface area contributed by atoms with E-state index in [0.29, 0.717) is 0 Å². The van der Waals surface area contributed by atoms with Crippen molar-refractivity contribution in [3.05, 3.63) is 12.2 Å². The second-order valence-electron chi connectivity index (χ2n) is 3.19. The third kappa shape index (κ3) is 1.11. The average molecular weight is 209 g/mol. The molecule has 2 rings (SSSR count). The summed E-state index contributed by atoms with van der Waals surface area (Å²) in [5.74, 6) is -4.14. The molecule has 0 saturated carbocycles. The highest BCUT2D eigenvalue weighted by Gasteiger charge is 2.60. The molecule has 1 aliphatic heterocycles. The van der Waals surface area contributed by atoms with Crippen molar-refractivity contribution in [3.8, 4) is 0 Å². The first-order valence-corrected chi connectivity index (χ1v) is 4.10. The molecule has 1 aromatic rings. The van der Waals surface area contributed by atoms with E-state index >= 15 is 0 Å². The molecule has 0 unspecified atom stereocenters. The second kappa shape index (κ2) is 2.68. The Labute approximate surface area is 76.7 Å². The number of hydrogen-bond acceptors (Lipinski definition) is 2. The largest absolute Gasteiger partial charge is 0.407 e. The molecule has 0 aliphatic carbocycles. The summed E-state index contributed by atoms with van der Waals surface area (Å²) in [6.07, 6.45) is 0.113. The molecule has 0 bridgehead atoms. The maximum absolute atomic E-state index is 13.2. The third-order valence-electron chi connectivity index (χ3n) is 2.22. The molecule has 0 N–H and O–H groups in total. The van der Waals surface area contributed by atoms with Crippen LogP contribution in [0.5, 0.6) is 0 Å². The van der Waals surface area contributed by atoms with Gasteiger partial charge in [0.15, 0.2) is 0 Å². The lowest BCUT2D eigenvalue weighted by Crippen LogP contribution is -2.43. The third-order valence-corrected chi connectivity index (χ3v) is 2.22. The minimum Gasteiger partial charge on any atom is -0.220 e. The van der Waals surface area contributed by atoms with Crippen molar-refractivity contribution in [2.75, 3.05) is 0 Å². The summed E-state index contributed by atoms with van der Waals surface area (Å²) in [6.45, 7) is 0. The van der Waals surface area contributed by atoms with Gasteiger partial charge in [0.05, 0.1) is 0 Å². The number of alkyl halides is 4. The van der Waals surface area contributed by atoms with Gasteiger partial charge in [-0.2, -0.15) is 27.3 Å². The van der Waals surface area contributed by atoms with Crippen LogP contribution in [0.3, 0.4) is 0 Å². The molecule has 3 nitrogen and oxygen atoms in total. The van der Waals surface area contributed by atoms with Crippen LogP contribution in [0.1, 0.15) is 18.7 Å². The summed E-state index contributed by atoms with van der Waals surface area (Å²) in [5.41, 5.74) is 0. The zero-order valence-electron chi connectivity index (χ0n) is 7.05. The Bertz CT molecular complexity index is 346. The van der Waals surface area contributed by atoms with Crippen LogP contribution >= 0.6 is 0 Å². The number of aryl methyl sites for hydroxylation is 1. The summed E-state index contributed by atoms with van der Waals surface area (Å²) < 4.78 is 52.3. The maximum atomic E-state index is 13.2. The van der Waals surface area contributed by atoms with E-state index in [2.05, 4.69) is 10.1 Å². The van der Waals surface area contributed by atoms with Gasteiger partial charge < -0.3 is 0 Å². The summed E-state index contributed by atoms with van der Waals surface area (Å²) in [6, 6.07) is -4.27. The zero-order chi connectivity index (χ0) is 10.4. The first-order valence-electron chi connectivity index (χ1n) is 4.10. The summed E-state index contributed by atoms with van der Waals surface area (Å²) in [4.78, 5) is 3.52. The Morgan fingerprint density at radius 2 is 2.00 bits per heavy atom. The molecular weight excluding hydrogens is 202 g/mol. The van der Waals surface area contributed by atoms with Gasteiger partial charge >= 0.3 is 12.0 Å². The Morgan fingerprint density at radius 3 is 2.71 bits per heavy atom. The van der Waals surface area contributed by atoms with Gasteiger partial charge in [-0.3, -0.25) is 0 Å². The molecule has 0 saturated heterocycles. The van der Waals surface area contributed by atoms with E-state index in [1.807, 2.05) is 0 Å². The fraction of sp³-hybridized carbons (Fsp3) is 0.714. The molecule has 0 radical (unpaired) electrons. The van der Waals surface area contributed by atoms with E-state index in [9.17, 15) is 17.6 Å². The first kappa shape index (κ1) is 9.42. The molecule has 1 aliphatic rings. The fourth-order valence-corrected chi connectivity index (χ4v) is 1.44. The van der Waals surface area contributed by atoms with E-state index < -0.39 is 18.4 Å². The van der Waals surface area contributed by atoms with Gasteiger partial charge in [0, 0.05) is 12.8 Å². The van der Waals surface area contributed by atoms with Crippen molar-refractivity contribution in [2.24, 2.45) is 0 Å². The molecule has 14 heavy (non-hydrogen) atoms. The van der Waals surface area contributed by atoms with Gasteiger partial charge in [-0.05, 0) is 6.42 Å². The van der Waals surface area contributed by atoms with Crippen molar-refractivity contribution in [1.82, 2.24) is 14.8 Å². The fourth-order valence-electron chi connectivity index (χ4n) is 1.44. The lowest BCUT2D eigenvalue weighted by Gasteiger charge is -2.24. The van der Waals surface area contributed by atoms with Crippen molar-refractivity contribution in [2.45, 2.75) is 31.2 Å². The molecule has 2 heterocycles. The number of nitrogens with zero attached hydrogens (tertiary/aromatic N) is 3. The smallest absolute Gasteiger partial charge is 0.220 e. The lowest BCUT2D eigenvalue weighted by molar-refractivity contribution is -0.266. The lowest BCUT2D eigenvalue weighted by atomic mass is 10.1. The Morgan fingerprint density at radius 1 is 1.29 bits per heavy atom. The van der Waals surface area contributed by atoms with Crippen LogP contribution in [0.15, 0.2) is 6.33 Å². The SMILES string of the molecule is FC1(F)CCCc2ncnn2C1(F)F. The van der Waals surface area contributed by atoms with Crippen LogP contribution in [-0.2, 0) is 12.5 Å². The van der Waals surface area contributed by atoms with Crippen molar-refractivity contribution >= 4 is 0 Å². The molecule has 0 amide bonds. The van der Waals surface area contributed by atoms with Crippen LogP contribution in [0.25, 0.3) is 0 Å². The Hall–Kier alpha value is -1.14. The van der Waals surface area contributed by atoms with E-state index in [-0.39, 0.29) is 23.3 Å². The predicted molar refractivity (Wildman–Crippen MR) is 38.1 cm³/mol. The number of halogens is 4. The standard InChI is InChI=1S/C7H7F4N3/c8-6(9)3-1-2-5-12-4-13-14(5)7(6,10)11/h4H,1-3H2. The summed E-state index contributed by atoms with van der Waals surface area (Å²) >= 11 is 0. The number of fused-ring (bicyclic) bond motifs is 1. The topological polar surface area (TPSA) is 30.7 Å². The Balaban J connectivity index is 2.53. The van der Waals surface area contributed by atoms with E-state index in [4.69, 9.17) is 0 Å². The molecule has 1 aromatic heterocycles. The van der Waals surface area contributed by atoms with Gasteiger partial charge in [0.25, 0.3) is 0 Å². The van der Waals surface area contributed by atoms with Crippen LogP contribution in [0.4, 0.5) is 17.6 Å². The predicted octanol–water partition coefficient (Wildman–Crippen LogP) is 1.80. The second-order valence-corrected chi connectivity index (χ2v) is 3.19. The van der Waals surface area contributed by atoms with Crippen molar-refractivity contribution < 1.29 is 17.6 Å². The Kier molecular flexibility index (Phi) is 1.80. The van der Waals surface area contributed by atoms with Crippen LogP contribution in [0, 0.1) is 0 Å². The molecule has 7 heteroatoms. The van der Waals surface area contributed by atoms with Crippen LogP contribution in [-0.4, -0.2) is 20.7 Å². The van der Waals surface area contributed by atoms with Gasteiger partial charge in [0.1, 0.15) is 12.2 Å². The maximum Gasteiger partial charge on any atom is 0.407 e. The number of hydrogen-bond donors (Lipinski definition) is 0.